The number of nitrogens with one attached hydrogen (secondary N) is 1. The highest BCUT2D eigenvalue weighted by Gasteiger charge is 2.22. The molecule has 0 bridgehead atoms. The van der Waals surface area contributed by atoms with E-state index in [1.54, 1.807) is 0 Å². The van der Waals surface area contributed by atoms with E-state index in [9.17, 15) is 8.42 Å². The van der Waals surface area contributed by atoms with E-state index in [4.69, 9.17) is 4.98 Å². The molecule has 23 heavy (non-hydrogen) atoms. The average molecular weight is 334 g/mol. The van der Waals surface area contributed by atoms with E-state index in [2.05, 4.69) is 33.7 Å². The van der Waals surface area contributed by atoms with Crippen molar-refractivity contribution in [3.8, 4) is 0 Å². The maximum atomic E-state index is 11.3. The monoisotopic (exact) mass is 334 g/mol. The van der Waals surface area contributed by atoms with Crippen LogP contribution in [0.15, 0.2) is 18.2 Å². The number of anilines is 1. The summed E-state index contributed by atoms with van der Waals surface area (Å²) in [6.07, 6.45) is 2.78. The van der Waals surface area contributed by atoms with Crippen LogP contribution in [0.3, 0.4) is 0 Å². The second kappa shape index (κ2) is 6.05. The Balaban J connectivity index is 1.77. The van der Waals surface area contributed by atoms with Crippen molar-refractivity contribution in [3.63, 3.8) is 0 Å². The molecular weight excluding hydrogens is 312 g/mol. The van der Waals surface area contributed by atoms with Crippen LogP contribution in [0.4, 0.5) is 5.82 Å². The molecule has 6 nitrogen and oxygen atoms in total. The van der Waals surface area contributed by atoms with Gasteiger partial charge in [-0.25, -0.2) is 23.1 Å². The first kappa shape index (κ1) is 16.1. The summed E-state index contributed by atoms with van der Waals surface area (Å²) in [5, 5.41) is 1.08. The molecule has 3 heterocycles. The molecule has 0 unspecified atom stereocenters. The van der Waals surface area contributed by atoms with Gasteiger partial charge in [-0.1, -0.05) is 0 Å². The number of nitrogens with zero attached hydrogens (tertiary/aromatic N) is 3. The minimum absolute atomic E-state index is 0.0179. The number of sulfonamides is 1. The quantitative estimate of drug-likeness (QED) is 0.926. The summed E-state index contributed by atoms with van der Waals surface area (Å²) >= 11 is 0. The lowest BCUT2D eigenvalue weighted by atomic mass is 10.1. The van der Waals surface area contributed by atoms with E-state index in [0.29, 0.717) is 0 Å². The number of pyridine rings is 2. The lowest BCUT2D eigenvalue weighted by molar-refractivity contribution is 0.460. The molecule has 1 N–H and O–H groups in total. The third-order valence-electron chi connectivity index (χ3n) is 4.19. The second-order valence-corrected chi connectivity index (χ2v) is 8.05. The fourth-order valence-electron chi connectivity index (χ4n) is 3.13. The number of hydrogen-bond donors (Lipinski definition) is 1. The highest BCUT2D eigenvalue weighted by Crippen LogP contribution is 2.23. The fourth-order valence-corrected chi connectivity index (χ4v) is 3.97. The molecule has 0 spiro atoms. The maximum Gasteiger partial charge on any atom is 0.208 e. The number of aromatic nitrogens is 2. The van der Waals surface area contributed by atoms with Gasteiger partial charge < -0.3 is 4.90 Å². The van der Waals surface area contributed by atoms with Crippen molar-refractivity contribution < 1.29 is 8.42 Å². The normalized spacial score (nSPS) is 16.9. The van der Waals surface area contributed by atoms with Crippen molar-refractivity contribution >= 4 is 26.9 Å². The zero-order chi connectivity index (χ0) is 16.6. The van der Waals surface area contributed by atoms with E-state index in [0.717, 1.165) is 48.5 Å². The maximum absolute atomic E-state index is 11.3. The van der Waals surface area contributed by atoms with Gasteiger partial charge in [0.1, 0.15) is 5.82 Å². The van der Waals surface area contributed by atoms with Crippen molar-refractivity contribution in [2.75, 3.05) is 24.2 Å². The average Bonchev–Trinajstić information content (AvgIpc) is 2.45. The van der Waals surface area contributed by atoms with Crippen LogP contribution < -0.4 is 9.62 Å². The fraction of sp³-hybridized carbons (Fsp3) is 0.500. The smallest absolute Gasteiger partial charge is 0.208 e. The van der Waals surface area contributed by atoms with Gasteiger partial charge in [0.05, 0.1) is 6.26 Å². The predicted molar refractivity (Wildman–Crippen MR) is 92.2 cm³/mol. The van der Waals surface area contributed by atoms with Crippen LogP contribution in [0.1, 0.15) is 24.1 Å². The molecule has 1 fully saturated rings. The molecule has 0 radical (unpaired) electrons. The molecule has 124 valence electrons. The Morgan fingerprint density at radius 2 is 1.87 bits per heavy atom. The minimum Gasteiger partial charge on any atom is -0.356 e. The van der Waals surface area contributed by atoms with Crippen LogP contribution in [0.2, 0.25) is 0 Å². The Labute approximate surface area is 137 Å². The van der Waals surface area contributed by atoms with Crippen molar-refractivity contribution in [2.45, 2.75) is 32.7 Å². The minimum atomic E-state index is -3.14. The molecule has 0 amide bonds. The molecule has 2 aromatic heterocycles. The molecule has 0 aromatic carbocycles. The number of rotatable bonds is 3. The van der Waals surface area contributed by atoms with Gasteiger partial charge >= 0.3 is 0 Å². The van der Waals surface area contributed by atoms with Gasteiger partial charge in [-0.2, -0.15) is 0 Å². The van der Waals surface area contributed by atoms with Gasteiger partial charge in [-0.15, -0.1) is 0 Å². The lowest BCUT2D eigenvalue weighted by Gasteiger charge is -2.32. The Hall–Kier alpha value is -1.73. The van der Waals surface area contributed by atoms with E-state index in [1.807, 2.05) is 13.0 Å². The van der Waals surface area contributed by atoms with E-state index < -0.39 is 10.0 Å². The zero-order valence-electron chi connectivity index (χ0n) is 13.7. The summed E-state index contributed by atoms with van der Waals surface area (Å²) in [5.41, 5.74) is 2.93. The van der Waals surface area contributed by atoms with Crippen molar-refractivity contribution in [3.05, 3.63) is 29.5 Å². The SMILES string of the molecule is Cc1cc(C)c2ccc(N3CCC(NS(C)(=O)=O)CC3)nc2n1. The summed E-state index contributed by atoms with van der Waals surface area (Å²) in [7, 11) is -3.14. The Morgan fingerprint density at radius 3 is 2.52 bits per heavy atom. The number of hydrogen-bond acceptors (Lipinski definition) is 5. The molecule has 7 heteroatoms. The van der Waals surface area contributed by atoms with Crippen LogP contribution in [0.25, 0.3) is 11.0 Å². The first-order chi connectivity index (χ1) is 10.8. The summed E-state index contributed by atoms with van der Waals surface area (Å²) in [6, 6.07) is 6.17. The second-order valence-electron chi connectivity index (χ2n) is 6.27. The highest BCUT2D eigenvalue weighted by atomic mass is 32.2. The van der Waals surface area contributed by atoms with Crippen LogP contribution in [0.5, 0.6) is 0 Å². The van der Waals surface area contributed by atoms with Gasteiger partial charge in [0, 0.05) is 30.2 Å². The third-order valence-corrected chi connectivity index (χ3v) is 4.95. The molecule has 1 aliphatic heterocycles. The standard InChI is InChI=1S/C16H22N4O2S/c1-11-10-12(2)17-16-14(11)4-5-15(18-16)20-8-6-13(7-9-20)19-23(3,21)22/h4-5,10,13,19H,6-9H2,1-3H3. The first-order valence-corrected chi connectivity index (χ1v) is 9.68. The third kappa shape index (κ3) is 3.79. The van der Waals surface area contributed by atoms with Gasteiger partial charge in [0.2, 0.25) is 10.0 Å². The van der Waals surface area contributed by atoms with Gasteiger partial charge in [-0.05, 0) is 50.5 Å². The molecule has 2 aromatic rings. The summed E-state index contributed by atoms with van der Waals surface area (Å²) in [6.45, 7) is 5.62. The number of fused-ring (bicyclic) bond motifs is 1. The lowest BCUT2D eigenvalue weighted by Crippen LogP contribution is -2.44. The van der Waals surface area contributed by atoms with Crippen LogP contribution in [-0.4, -0.2) is 43.8 Å². The molecule has 1 saturated heterocycles. The Morgan fingerprint density at radius 1 is 1.17 bits per heavy atom. The predicted octanol–water partition coefficient (Wildman–Crippen LogP) is 1.76. The van der Waals surface area contributed by atoms with Crippen molar-refractivity contribution in [2.24, 2.45) is 0 Å². The van der Waals surface area contributed by atoms with Crippen LogP contribution >= 0.6 is 0 Å². The molecule has 0 atom stereocenters. The van der Waals surface area contributed by atoms with Gasteiger partial charge in [-0.3, -0.25) is 0 Å². The van der Waals surface area contributed by atoms with Gasteiger partial charge in [0.15, 0.2) is 5.65 Å². The summed E-state index contributed by atoms with van der Waals surface area (Å²) in [5.74, 6) is 0.910. The van der Waals surface area contributed by atoms with Crippen LogP contribution in [-0.2, 0) is 10.0 Å². The molecule has 0 saturated carbocycles. The molecular formula is C16H22N4O2S. The Bertz CT molecular complexity index is 827. The largest absolute Gasteiger partial charge is 0.356 e. The van der Waals surface area contributed by atoms with E-state index in [-0.39, 0.29) is 6.04 Å². The van der Waals surface area contributed by atoms with Crippen LogP contribution in [0, 0.1) is 13.8 Å². The number of aryl methyl sites for hydroxylation is 2. The molecule has 1 aliphatic rings. The Kier molecular flexibility index (Phi) is 4.25. The van der Waals surface area contributed by atoms with Gasteiger partial charge in [0.25, 0.3) is 0 Å². The first-order valence-electron chi connectivity index (χ1n) is 7.79. The van der Waals surface area contributed by atoms with E-state index >= 15 is 0 Å². The zero-order valence-corrected chi connectivity index (χ0v) is 14.5. The van der Waals surface area contributed by atoms with Crippen molar-refractivity contribution in [1.29, 1.82) is 0 Å². The summed E-state index contributed by atoms with van der Waals surface area (Å²) < 4.78 is 25.3. The van der Waals surface area contributed by atoms with E-state index in [1.165, 1.54) is 11.8 Å². The topological polar surface area (TPSA) is 75.2 Å². The van der Waals surface area contributed by atoms with Crippen molar-refractivity contribution in [1.82, 2.24) is 14.7 Å². The highest BCUT2D eigenvalue weighted by molar-refractivity contribution is 7.88. The molecule has 3 rings (SSSR count). The summed E-state index contributed by atoms with van der Waals surface area (Å²) in [4.78, 5) is 11.4. The number of piperidine rings is 1. The molecule has 0 aliphatic carbocycles.